The second-order valence-corrected chi connectivity index (χ2v) is 4.83. The van der Waals surface area contributed by atoms with E-state index in [0.29, 0.717) is 31.1 Å². The Morgan fingerprint density at radius 2 is 2.42 bits per heavy atom. The first-order valence-electron chi connectivity index (χ1n) is 6.76. The summed E-state index contributed by atoms with van der Waals surface area (Å²) < 4.78 is 1.73. The van der Waals surface area contributed by atoms with Crippen molar-refractivity contribution in [2.75, 3.05) is 6.61 Å². The van der Waals surface area contributed by atoms with Gasteiger partial charge in [-0.1, -0.05) is 25.2 Å². The Labute approximate surface area is 113 Å². The van der Waals surface area contributed by atoms with Gasteiger partial charge in [-0.2, -0.15) is 5.10 Å². The molecule has 0 saturated heterocycles. The van der Waals surface area contributed by atoms with Crippen LogP contribution in [0.15, 0.2) is 30.6 Å². The molecule has 0 saturated carbocycles. The average molecular weight is 260 g/mol. The monoisotopic (exact) mass is 260 g/mol. The Morgan fingerprint density at radius 3 is 3.16 bits per heavy atom. The standard InChI is InChI=1S/C15H20N2O2/c1-2-15(19)9-12-4-3-5-13(8-12)14-10-16-17(11-14)6-7-18/h3,5,8,10-12,18H,2,4,6-7,9H2,1H3. The highest BCUT2D eigenvalue weighted by atomic mass is 16.3. The van der Waals surface area contributed by atoms with Crippen molar-refractivity contribution in [3.63, 3.8) is 0 Å². The van der Waals surface area contributed by atoms with Crippen molar-refractivity contribution < 1.29 is 9.90 Å². The summed E-state index contributed by atoms with van der Waals surface area (Å²) in [6.07, 6.45) is 12.2. The van der Waals surface area contributed by atoms with E-state index in [2.05, 4.69) is 23.3 Å². The highest BCUT2D eigenvalue weighted by Gasteiger charge is 2.14. The van der Waals surface area contributed by atoms with Crippen molar-refractivity contribution in [2.24, 2.45) is 5.92 Å². The second kappa shape index (κ2) is 6.48. The lowest BCUT2D eigenvalue weighted by atomic mass is 9.89. The Balaban J connectivity index is 2.09. The van der Waals surface area contributed by atoms with Gasteiger partial charge in [0.1, 0.15) is 5.78 Å². The fraction of sp³-hybridized carbons (Fsp3) is 0.467. The minimum absolute atomic E-state index is 0.0869. The van der Waals surface area contributed by atoms with Gasteiger partial charge < -0.3 is 5.11 Å². The first-order chi connectivity index (χ1) is 9.22. The van der Waals surface area contributed by atoms with Crippen LogP contribution >= 0.6 is 0 Å². The van der Waals surface area contributed by atoms with Gasteiger partial charge in [0, 0.05) is 24.6 Å². The molecule has 0 bridgehead atoms. The van der Waals surface area contributed by atoms with E-state index >= 15 is 0 Å². The molecule has 1 aromatic heterocycles. The molecule has 1 aromatic rings. The molecule has 2 rings (SSSR count). The molecule has 1 aliphatic carbocycles. The van der Waals surface area contributed by atoms with Crippen LogP contribution < -0.4 is 0 Å². The topological polar surface area (TPSA) is 55.1 Å². The second-order valence-electron chi connectivity index (χ2n) is 4.83. The zero-order valence-electron chi connectivity index (χ0n) is 11.2. The van der Waals surface area contributed by atoms with Gasteiger partial charge in [-0.05, 0) is 17.9 Å². The van der Waals surface area contributed by atoms with Crippen molar-refractivity contribution in [1.29, 1.82) is 0 Å². The molecular formula is C15H20N2O2. The fourth-order valence-electron chi connectivity index (χ4n) is 2.26. The maximum atomic E-state index is 11.5. The van der Waals surface area contributed by atoms with E-state index in [-0.39, 0.29) is 6.61 Å². The Hall–Kier alpha value is -1.68. The van der Waals surface area contributed by atoms with Crippen LogP contribution in [0.4, 0.5) is 0 Å². The summed E-state index contributed by atoms with van der Waals surface area (Å²) >= 11 is 0. The van der Waals surface area contributed by atoms with Gasteiger partial charge in [-0.3, -0.25) is 9.48 Å². The van der Waals surface area contributed by atoms with Crippen molar-refractivity contribution in [2.45, 2.75) is 32.7 Å². The van der Waals surface area contributed by atoms with Crippen LogP contribution in [0.2, 0.25) is 0 Å². The third-order valence-electron chi connectivity index (χ3n) is 3.33. The molecule has 1 atom stereocenters. The van der Waals surface area contributed by atoms with Gasteiger partial charge in [0.15, 0.2) is 0 Å². The number of hydrogen-bond donors (Lipinski definition) is 1. The molecule has 19 heavy (non-hydrogen) atoms. The van der Waals surface area contributed by atoms with Gasteiger partial charge in [0.2, 0.25) is 0 Å². The lowest BCUT2D eigenvalue weighted by Gasteiger charge is -2.15. The van der Waals surface area contributed by atoms with Crippen LogP contribution in [0, 0.1) is 5.92 Å². The van der Waals surface area contributed by atoms with Crippen LogP contribution in [-0.4, -0.2) is 27.3 Å². The minimum atomic E-state index is 0.0869. The first kappa shape index (κ1) is 13.7. The molecule has 1 N–H and O–H groups in total. The van der Waals surface area contributed by atoms with Gasteiger partial charge in [0.25, 0.3) is 0 Å². The third-order valence-corrected chi connectivity index (χ3v) is 3.33. The van der Waals surface area contributed by atoms with Crippen molar-refractivity contribution in [3.05, 3.63) is 36.2 Å². The van der Waals surface area contributed by atoms with Gasteiger partial charge in [-0.15, -0.1) is 0 Å². The predicted octanol–water partition coefficient (Wildman–Crippen LogP) is 2.20. The predicted molar refractivity (Wildman–Crippen MR) is 74.5 cm³/mol. The summed E-state index contributed by atoms with van der Waals surface area (Å²) in [5.41, 5.74) is 2.16. The molecule has 102 valence electrons. The first-order valence-corrected chi connectivity index (χ1v) is 6.76. The van der Waals surface area contributed by atoms with E-state index in [1.54, 1.807) is 10.9 Å². The normalized spacial score (nSPS) is 18.4. The number of allylic oxidation sites excluding steroid dienone is 4. The molecule has 1 aliphatic rings. The molecule has 0 aliphatic heterocycles. The molecule has 1 heterocycles. The van der Waals surface area contributed by atoms with Crippen LogP contribution in [-0.2, 0) is 11.3 Å². The maximum Gasteiger partial charge on any atom is 0.133 e. The number of hydrogen-bond acceptors (Lipinski definition) is 3. The molecular weight excluding hydrogens is 240 g/mol. The quantitative estimate of drug-likeness (QED) is 0.853. The minimum Gasteiger partial charge on any atom is -0.394 e. The fourth-order valence-corrected chi connectivity index (χ4v) is 2.26. The Kier molecular flexibility index (Phi) is 4.68. The van der Waals surface area contributed by atoms with Gasteiger partial charge in [-0.25, -0.2) is 0 Å². The number of aliphatic hydroxyl groups is 1. The lowest BCUT2D eigenvalue weighted by molar-refractivity contribution is -0.119. The molecule has 1 unspecified atom stereocenters. The number of rotatable bonds is 6. The van der Waals surface area contributed by atoms with Crippen LogP contribution in [0.1, 0.15) is 31.7 Å². The molecule has 0 spiro atoms. The largest absolute Gasteiger partial charge is 0.394 e. The van der Waals surface area contributed by atoms with E-state index in [0.717, 1.165) is 17.6 Å². The molecule has 0 fully saturated rings. The lowest BCUT2D eigenvalue weighted by Crippen LogP contribution is -2.07. The average Bonchev–Trinajstić information content (AvgIpc) is 2.88. The molecule has 4 heteroatoms. The summed E-state index contributed by atoms with van der Waals surface area (Å²) in [5, 5.41) is 13.1. The van der Waals surface area contributed by atoms with Crippen molar-refractivity contribution in [1.82, 2.24) is 9.78 Å². The molecule has 0 aromatic carbocycles. The highest BCUT2D eigenvalue weighted by Crippen LogP contribution is 2.26. The van der Waals surface area contributed by atoms with E-state index < -0.39 is 0 Å². The van der Waals surface area contributed by atoms with Crippen molar-refractivity contribution in [3.8, 4) is 0 Å². The summed E-state index contributed by atoms with van der Waals surface area (Å²) in [6, 6.07) is 0. The number of ketones is 1. The number of carbonyl (C=O) groups excluding carboxylic acids is 1. The highest BCUT2D eigenvalue weighted by molar-refractivity contribution is 5.80. The van der Waals surface area contributed by atoms with Crippen LogP contribution in [0.3, 0.4) is 0 Å². The summed E-state index contributed by atoms with van der Waals surface area (Å²) in [6.45, 7) is 2.50. The SMILES string of the molecule is CCC(=O)CC1C=C(c2cnn(CCO)c2)C=CC1. The summed E-state index contributed by atoms with van der Waals surface area (Å²) in [4.78, 5) is 11.5. The Morgan fingerprint density at radius 1 is 1.58 bits per heavy atom. The number of Topliss-reactive ketones (excluding diaryl/α,β-unsaturated/α-hetero) is 1. The molecule has 0 amide bonds. The Bertz CT molecular complexity index is 500. The summed E-state index contributed by atoms with van der Waals surface area (Å²) in [7, 11) is 0. The number of nitrogens with zero attached hydrogens (tertiary/aromatic N) is 2. The smallest absolute Gasteiger partial charge is 0.133 e. The number of aliphatic hydroxyl groups excluding tert-OH is 1. The van der Waals surface area contributed by atoms with Gasteiger partial charge in [0.05, 0.1) is 19.3 Å². The molecule has 0 radical (unpaired) electrons. The van der Waals surface area contributed by atoms with Crippen molar-refractivity contribution >= 4 is 11.4 Å². The number of carbonyl (C=O) groups is 1. The zero-order chi connectivity index (χ0) is 13.7. The van der Waals surface area contributed by atoms with Gasteiger partial charge >= 0.3 is 0 Å². The molecule has 4 nitrogen and oxygen atoms in total. The van der Waals surface area contributed by atoms with E-state index in [4.69, 9.17) is 5.11 Å². The van der Waals surface area contributed by atoms with Crippen LogP contribution in [0.5, 0.6) is 0 Å². The van der Waals surface area contributed by atoms with E-state index in [9.17, 15) is 4.79 Å². The summed E-state index contributed by atoms with van der Waals surface area (Å²) in [5.74, 6) is 0.612. The van der Waals surface area contributed by atoms with Crippen LogP contribution in [0.25, 0.3) is 5.57 Å². The van der Waals surface area contributed by atoms with E-state index in [1.165, 1.54) is 0 Å². The number of aromatic nitrogens is 2. The third kappa shape index (κ3) is 3.64. The zero-order valence-corrected chi connectivity index (χ0v) is 11.2. The van der Waals surface area contributed by atoms with E-state index in [1.807, 2.05) is 13.1 Å². The maximum absolute atomic E-state index is 11.5.